The summed E-state index contributed by atoms with van der Waals surface area (Å²) >= 11 is 1.58. The van der Waals surface area contributed by atoms with E-state index in [2.05, 4.69) is 16.5 Å². The molecule has 2 aromatic rings. The van der Waals surface area contributed by atoms with E-state index in [1.54, 1.807) is 23.1 Å². The molecule has 0 aliphatic heterocycles. The number of nitrogens with two attached hydrogens (primary N) is 1. The highest BCUT2D eigenvalue weighted by atomic mass is 32.2. The number of amides is 1. The van der Waals surface area contributed by atoms with Crippen LogP contribution in [-0.2, 0) is 36.9 Å². The third-order valence-electron chi connectivity index (χ3n) is 6.04. The van der Waals surface area contributed by atoms with Crippen molar-refractivity contribution in [1.82, 2.24) is 0 Å². The predicted molar refractivity (Wildman–Crippen MR) is 111 cm³/mol. The van der Waals surface area contributed by atoms with Gasteiger partial charge in [0.05, 0.1) is 11.8 Å². The zero-order valence-electron chi connectivity index (χ0n) is 16.1. The second-order valence-corrected chi connectivity index (χ2v) is 8.59. The molecule has 3 aliphatic carbocycles. The Balaban J connectivity index is 0.000000604. The van der Waals surface area contributed by atoms with Crippen molar-refractivity contribution in [2.24, 2.45) is 5.73 Å². The fourth-order valence-electron chi connectivity index (χ4n) is 4.76. The summed E-state index contributed by atoms with van der Waals surface area (Å²) in [5.74, 6) is 0.984. The maximum Gasteiger partial charge on any atom is 0.204 e. The lowest BCUT2D eigenvalue weighted by Gasteiger charge is -2.15. The highest BCUT2D eigenvalue weighted by Crippen LogP contribution is 2.41. The van der Waals surface area contributed by atoms with Crippen LogP contribution >= 0.6 is 11.9 Å². The molecule has 0 saturated heterocycles. The lowest BCUT2D eigenvalue weighted by molar-refractivity contribution is -0.106. The van der Waals surface area contributed by atoms with Crippen LogP contribution in [0.15, 0.2) is 21.6 Å². The van der Waals surface area contributed by atoms with Gasteiger partial charge in [0, 0.05) is 23.9 Å². The number of carbonyl (C=O) groups is 1. The Hall–Kier alpha value is -1.92. The van der Waals surface area contributed by atoms with Gasteiger partial charge >= 0.3 is 0 Å². The van der Waals surface area contributed by atoms with E-state index in [1.165, 1.54) is 55.3 Å². The summed E-state index contributed by atoms with van der Waals surface area (Å²) in [4.78, 5) is 8.58. The number of anilines is 1. The van der Waals surface area contributed by atoms with Crippen molar-refractivity contribution >= 4 is 24.0 Å². The van der Waals surface area contributed by atoms with Gasteiger partial charge in [-0.2, -0.15) is 0 Å². The van der Waals surface area contributed by atoms with Crippen molar-refractivity contribution in [3.63, 3.8) is 0 Å². The lowest BCUT2D eigenvalue weighted by atomic mass is 9.99. The maximum atomic E-state index is 10.3. The summed E-state index contributed by atoms with van der Waals surface area (Å²) in [6.45, 7) is 0. The van der Waals surface area contributed by atoms with E-state index < -0.39 is 0 Å². The maximum absolute atomic E-state index is 10.3. The molecule has 0 radical (unpaired) electrons. The monoisotopic (exact) mass is 400 g/mol. The number of aliphatic hydroxyl groups is 1. The molecule has 3 aliphatic rings. The van der Waals surface area contributed by atoms with Gasteiger partial charge in [-0.3, -0.25) is 4.79 Å². The molecule has 5 rings (SSSR count). The Morgan fingerprint density at radius 2 is 1.71 bits per heavy atom. The first-order valence-electron chi connectivity index (χ1n) is 10.3. The van der Waals surface area contributed by atoms with Crippen LogP contribution in [0.2, 0.25) is 0 Å². The number of aryl methyl sites for hydroxylation is 3. The summed E-state index contributed by atoms with van der Waals surface area (Å²) in [5.41, 5.74) is 12.7. The van der Waals surface area contributed by atoms with E-state index in [4.69, 9.17) is 9.21 Å². The van der Waals surface area contributed by atoms with Gasteiger partial charge in [0.25, 0.3) is 0 Å². The predicted octanol–water partition coefficient (Wildman–Crippen LogP) is 4.24. The first-order chi connectivity index (χ1) is 13.7. The van der Waals surface area contributed by atoms with Crippen LogP contribution in [0.3, 0.4) is 0 Å². The molecule has 5 nitrogen and oxygen atoms in total. The third kappa shape index (κ3) is 3.80. The molecule has 0 spiro atoms. The molecule has 0 bridgehead atoms. The zero-order chi connectivity index (χ0) is 19.5. The molecule has 1 aromatic carbocycles. The molecular formula is C22H28N2O3S. The van der Waals surface area contributed by atoms with Crippen molar-refractivity contribution in [3.8, 4) is 0 Å². The molecule has 6 heteroatoms. The normalized spacial score (nSPS) is 19.7. The van der Waals surface area contributed by atoms with Crippen molar-refractivity contribution < 1.29 is 14.3 Å². The van der Waals surface area contributed by atoms with Crippen molar-refractivity contribution in [3.05, 3.63) is 45.7 Å². The Kier molecular flexibility index (Phi) is 5.97. The first kappa shape index (κ1) is 19.4. The lowest BCUT2D eigenvalue weighted by Crippen LogP contribution is -1.99. The topological polar surface area (TPSA) is 88.5 Å². The van der Waals surface area contributed by atoms with Gasteiger partial charge < -0.3 is 20.0 Å². The van der Waals surface area contributed by atoms with Crippen LogP contribution in [0, 0.1) is 0 Å². The number of fused-ring (bicyclic) bond motifs is 3. The summed E-state index contributed by atoms with van der Waals surface area (Å²) in [6, 6.07) is 4.51. The van der Waals surface area contributed by atoms with E-state index in [0.717, 1.165) is 42.1 Å². The first-order valence-corrected chi connectivity index (χ1v) is 11.1. The second-order valence-electron chi connectivity index (χ2n) is 7.78. The smallest absolute Gasteiger partial charge is 0.204 e. The molecule has 1 aromatic heterocycles. The standard InChI is InChI=1S/C21H25NO2S.CH3NO/c23-18-9-1-2-10-19-17(18)12-20(24-19)25-22-21-15-7-3-5-13(15)11-14-6-4-8-16(14)21;2-1-3/h11-12,18,22-23H,1-10H2;1H,(H2,2,3). The largest absolute Gasteiger partial charge is 0.453 e. The quantitative estimate of drug-likeness (QED) is 0.407. The number of hydrogen-bond donors (Lipinski definition) is 3. The van der Waals surface area contributed by atoms with E-state index >= 15 is 0 Å². The molecule has 1 unspecified atom stereocenters. The molecule has 4 N–H and O–H groups in total. The Morgan fingerprint density at radius 3 is 2.39 bits per heavy atom. The number of primary amides is 1. The van der Waals surface area contributed by atoms with Crippen LogP contribution in [0.5, 0.6) is 0 Å². The minimum atomic E-state index is -0.360. The van der Waals surface area contributed by atoms with Crippen LogP contribution in [-0.4, -0.2) is 11.5 Å². The minimum absolute atomic E-state index is 0.250. The Labute approximate surface area is 170 Å². The molecular weight excluding hydrogens is 372 g/mol. The van der Waals surface area contributed by atoms with Gasteiger partial charge in [0.2, 0.25) is 6.41 Å². The van der Waals surface area contributed by atoms with E-state index in [9.17, 15) is 5.11 Å². The molecule has 1 heterocycles. The van der Waals surface area contributed by atoms with Crippen molar-refractivity contribution in [2.45, 2.75) is 75.4 Å². The summed E-state index contributed by atoms with van der Waals surface area (Å²) in [7, 11) is 0. The average Bonchev–Trinajstić information content (AvgIpc) is 3.40. The number of carbonyl (C=O) groups excluding carboxylic acids is 1. The van der Waals surface area contributed by atoms with Crippen molar-refractivity contribution in [1.29, 1.82) is 0 Å². The van der Waals surface area contributed by atoms with Crippen LogP contribution in [0.25, 0.3) is 0 Å². The van der Waals surface area contributed by atoms with Crippen LogP contribution in [0.4, 0.5) is 5.69 Å². The van der Waals surface area contributed by atoms with Gasteiger partial charge in [0.1, 0.15) is 5.76 Å². The minimum Gasteiger partial charge on any atom is -0.453 e. The molecule has 0 saturated carbocycles. The summed E-state index contributed by atoms with van der Waals surface area (Å²) in [6.07, 6.45) is 11.3. The van der Waals surface area contributed by atoms with E-state index in [-0.39, 0.29) is 12.5 Å². The number of hydrogen-bond acceptors (Lipinski definition) is 5. The highest BCUT2D eigenvalue weighted by Gasteiger charge is 2.25. The number of aliphatic hydroxyl groups excluding tert-OH is 1. The van der Waals surface area contributed by atoms with Gasteiger partial charge in [-0.15, -0.1) is 0 Å². The molecule has 150 valence electrons. The third-order valence-corrected chi connectivity index (χ3v) is 6.74. The molecule has 1 amide bonds. The van der Waals surface area contributed by atoms with Crippen LogP contribution in [0.1, 0.15) is 71.8 Å². The van der Waals surface area contributed by atoms with E-state index in [1.807, 2.05) is 6.07 Å². The highest BCUT2D eigenvalue weighted by molar-refractivity contribution is 8.00. The number of rotatable bonds is 3. The van der Waals surface area contributed by atoms with Gasteiger partial charge in [-0.25, -0.2) is 0 Å². The SMILES string of the molecule is NC=O.OC1CCCCc2oc(SNc3c4c(cc5c3CCC5)CCC4)cc21. The summed E-state index contributed by atoms with van der Waals surface area (Å²) < 4.78 is 9.70. The van der Waals surface area contributed by atoms with Gasteiger partial charge in [0.15, 0.2) is 5.09 Å². The Bertz CT molecular complexity index is 830. The number of benzene rings is 1. The zero-order valence-corrected chi connectivity index (χ0v) is 16.9. The van der Waals surface area contributed by atoms with Crippen LogP contribution < -0.4 is 10.5 Å². The molecule has 0 fully saturated rings. The number of nitrogens with one attached hydrogen (secondary N) is 1. The van der Waals surface area contributed by atoms with Gasteiger partial charge in [-0.1, -0.05) is 12.5 Å². The molecule has 1 atom stereocenters. The second kappa shape index (κ2) is 8.62. The Morgan fingerprint density at radius 1 is 1.04 bits per heavy atom. The van der Waals surface area contributed by atoms with E-state index in [0.29, 0.717) is 0 Å². The number of furan rings is 1. The van der Waals surface area contributed by atoms with Gasteiger partial charge in [-0.05, 0) is 79.7 Å². The fraction of sp³-hybridized carbons (Fsp3) is 0.500. The van der Waals surface area contributed by atoms with Crippen molar-refractivity contribution in [2.75, 3.05) is 4.72 Å². The summed E-state index contributed by atoms with van der Waals surface area (Å²) in [5, 5.41) is 11.2. The fourth-order valence-corrected chi connectivity index (χ4v) is 5.54. The average molecular weight is 401 g/mol. The molecule has 28 heavy (non-hydrogen) atoms.